The van der Waals surface area contributed by atoms with Crippen LogP contribution in [0.15, 0.2) is 24.3 Å². The molecule has 1 rings (SSSR count). The van der Waals surface area contributed by atoms with Gasteiger partial charge < -0.3 is 10.0 Å². The van der Waals surface area contributed by atoms with E-state index < -0.39 is 17.7 Å². The lowest BCUT2D eigenvalue weighted by Crippen LogP contribution is -2.39. The SMILES string of the molecule is CC(C)CN(CC(C)C(=O)O)C(=O)c1cccc(F)c1. The van der Waals surface area contributed by atoms with Crippen LogP contribution in [0.5, 0.6) is 0 Å². The van der Waals surface area contributed by atoms with Gasteiger partial charge in [0.05, 0.1) is 5.92 Å². The molecule has 0 aliphatic carbocycles. The molecule has 0 saturated heterocycles. The zero-order valence-electron chi connectivity index (χ0n) is 12.0. The number of halogens is 1. The van der Waals surface area contributed by atoms with Gasteiger partial charge in [-0.3, -0.25) is 9.59 Å². The van der Waals surface area contributed by atoms with Crippen molar-refractivity contribution < 1.29 is 19.1 Å². The van der Waals surface area contributed by atoms with Crippen molar-refractivity contribution >= 4 is 11.9 Å². The number of rotatable bonds is 6. The van der Waals surface area contributed by atoms with E-state index in [0.29, 0.717) is 6.54 Å². The average molecular weight is 281 g/mol. The van der Waals surface area contributed by atoms with Gasteiger partial charge in [0.2, 0.25) is 0 Å². The second-order valence-electron chi connectivity index (χ2n) is 5.35. The Morgan fingerprint density at radius 1 is 1.25 bits per heavy atom. The van der Waals surface area contributed by atoms with Gasteiger partial charge >= 0.3 is 5.97 Å². The lowest BCUT2D eigenvalue weighted by atomic mass is 10.1. The van der Waals surface area contributed by atoms with Crippen LogP contribution < -0.4 is 0 Å². The largest absolute Gasteiger partial charge is 0.481 e. The molecule has 0 aliphatic heterocycles. The van der Waals surface area contributed by atoms with E-state index in [0.717, 1.165) is 0 Å². The van der Waals surface area contributed by atoms with Gasteiger partial charge in [0.1, 0.15) is 5.82 Å². The van der Waals surface area contributed by atoms with E-state index in [-0.39, 0.29) is 23.9 Å². The van der Waals surface area contributed by atoms with E-state index in [4.69, 9.17) is 5.11 Å². The number of carboxylic acid groups (broad SMARTS) is 1. The van der Waals surface area contributed by atoms with Gasteiger partial charge in [0, 0.05) is 18.7 Å². The third kappa shape index (κ3) is 4.64. The van der Waals surface area contributed by atoms with Gasteiger partial charge in [-0.25, -0.2) is 4.39 Å². The molecule has 1 N–H and O–H groups in total. The molecule has 0 radical (unpaired) electrons. The lowest BCUT2D eigenvalue weighted by molar-refractivity contribution is -0.141. The predicted octanol–water partition coefficient (Wildman–Crippen LogP) is 2.64. The first-order chi connectivity index (χ1) is 9.31. The van der Waals surface area contributed by atoms with Crippen LogP contribution >= 0.6 is 0 Å². The number of nitrogens with zero attached hydrogens (tertiary/aromatic N) is 1. The van der Waals surface area contributed by atoms with Crippen molar-refractivity contribution in [1.82, 2.24) is 4.90 Å². The Morgan fingerprint density at radius 2 is 1.90 bits per heavy atom. The predicted molar refractivity (Wildman–Crippen MR) is 73.9 cm³/mol. The van der Waals surface area contributed by atoms with Gasteiger partial charge in [-0.1, -0.05) is 26.8 Å². The Morgan fingerprint density at radius 3 is 2.40 bits per heavy atom. The summed E-state index contributed by atoms with van der Waals surface area (Å²) < 4.78 is 13.2. The van der Waals surface area contributed by atoms with E-state index in [9.17, 15) is 14.0 Å². The fourth-order valence-corrected chi connectivity index (χ4v) is 1.89. The number of carbonyl (C=O) groups excluding carboxylic acids is 1. The summed E-state index contributed by atoms with van der Waals surface area (Å²) in [5, 5.41) is 8.96. The minimum Gasteiger partial charge on any atom is -0.481 e. The first-order valence-corrected chi connectivity index (χ1v) is 6.59. The highest BCUT2D eigenvalue weighted by atomic mass is 19.1. The summed E-state index contributed by atoms with van der Waals surface area (Å²) in [6, 6.07) is 5.44. The van der Waals surface area contributed by atoms with Gasteiger partial charge in [0.15, 0.2) is 0 Å². The fourth-order valence-electron chi connectivity index (χ4n) is 1.89. The molecule has 0 saturated carbocycles. The summed E-state index contributed by atoms with van der Waals surface area (Å²) in [6.07, 6.45) is 0. The highest BCUT2D eigenvalue weighted by Gasteiger charge is 2.22. The molecule has 1 atom stereocenters. The fraction of sp³-hybridized carbons (Fsp3) is 0.467. The zero-order chi connectivity index (χ0) is 15.3. The topological polar surface area (TPSA) is 57.6 Å². The number of amides is 1. The third-order valence-electron chi connectivity index (χ3n) is 2.86. The Balaban J connectivity index is 2.92. The number of hydrogen-bond acceptors (Lipinski definition) is 2. The van der Waals surface area contributed by atoms with E-state index in [1.807, 2.05) is 13.8 Å². The van der Waals surface area contributed by atoms with Crippen LogP contribution in [0.2, 0.25) is 0 Å². The molecule has 0 aromatic heterocycles. The molecule has 1 aromatic carbocycles. The van der Waals surface area contributed by atoms with E-state index in [2.05, 4.69) is 0 Å². The number of aliphatic carboxylic acids is 1. The second-order valence-corrected chi connectivity index (χ2v) is 5.35. The monoisotopic (exact) mass is 281 g/mol. The highest BCUT2D eigenvalue weighted by Crippen LogP contribution is 2.12. The van der Waals surface area contributed by atoms with Crippen LogP contribution in [0.3, 0.4) is 0 Å². The van der Waals surface area contributed by atoms with Gasteiger partial charge in [0.25, 0.3) is 5.91 Å². The van der Waals surface area contributed by atoms with Crippen LogP contribution in [-0.4, -0.2) is 35.0 Å². The van der Waals surface area contributed by atoms with Crippen LogP contribution in [0, 0.1) is 17.7 Å². The minimum absolute atomic E-state index is 0.114. The maximum Gasteiger partial charge on any atom is 0.308 e. The summed E-state index contributed by atoms with van der Waals surface area (Å²) in [5.74, 6) is -2.23. The van der Waals surface area contributed by atoms with Crippen molar-refractivity contribution in [2.24, 2.45) is 11.8 Å². The molecule has 1 amide bonds. The Kier molecular flexibility index (Phi) is 5.67. The van der Waals surface area contributed by atoms with Gasteiger partial charge in [-0.15, -0.1) is 0 Å². The molecular formula is C15H20FNO3. The molecule has 4 nitrogen and oxygen atoms in total. The van der Waals surface area contributed by atoms with Crippen molar-refractivity contribution in [2.45, 2.75) is 20.8 Å². The smallest absolute Gasteiger partial charge is 0.308 e. The molecule has 1 aromatic rings. The molecule has 5 heteroatoms. The summed E-state index contributed by atoms with van der Waals surface area (Å²) in [4.78, 5) is 24.8. The molecule has 0 spiro atoms. The van der Waals surface area contributed by atoms with Crippen molar-refractivity contribution in [3.05, 3.63) is 35.6 Å². The number of hydrogen-bond donors (Lipinski definition) is 1. The van der Waals surface area contributed by atoms with Crippen molar-refractivity contribution in [3.63, 3.8) is 0 Å². The molecule has 0 fully saturated rings. The summed E-state index contributed by atoms with van der Waals surface area (Å²) in [6.45, 7) is 5.99. The molecule has 0 aliphatic rings. The Hall–Kier alpha value is -1.91. The minimum atomic E-state index is -0.953. The molecule has 1 unspecified atom stereocenters. The van der Waals surface area contributed by atoms with Crippen molar-refractivity contribution in [2.75, 3.05) is 13.1 Å². The van der Waals surface area contributed by atoms with Crippen molar-refractivity contribution in [1.29, 1.82) is 0 Å². The van der Waals surface area contributed by atoms with Gasteiger partial charge in [-0.2, -0.15) is 0 Å². The molecular weight excluding hydrogens is 261 g/mol. The molecule has 0 heterocycles. The number of benzene rings is 1. The molecule has 0 bridgehead atoms. The van der Waals surface area contributed by atoms with Crippen LogP contribution in [0.4, 0.5) is 4.39 Å². The Labute approximate surface area is 118 Å². The first kappa shape index (κ1) is 16.1. The van der Waals surface area contributed by atoms with E-state index in [1.54, 1.807) is 6.92 Å². The van der Waals surface area contributed by atoms with E-state index in [1.165, 1.54) is 29.2 Å². The summed E-state index contributed by atoms with van der Waals surface area (Å²) in [5.41, 5.74) is 0.239. The maximum absolute atomic E-state index is 13.2. The summed E-state index contributed by atoms with van der Waals surface area (Å²) >= 11 is 0. The second kappa shape index (κ2) is 7.03. The lowest BCUT2D eigenvalue weighted by Gasteiger charge is -2.26. The Bertz CT molecular complexity index is 488. The highest BCUT2D eigenvalue weighted by molar-refractivity contribution is 5.94. The average Bonchev–Trinajstić information content (AvgIpc) is 2.36. The van der Waals surface area contributed by atoms with Crippen LogP contribution in [0.1, 0.15) is 31.1 Å². The van der Waals surface area contributed by atoms with Crippen molar-refractivity contribution in [3.8, 4) is 0 Å². The van der Waals surface area contributed by atoms with Crippen LogP contribution in [-0.2, 0) is 4.79 Å². The van der Waals surface area contributed by atoms with E-state index >= 15 is 0 Å². The van der Waals surface area contributed by atoms with Gasteiger partial charge in [-0.05, 0) is 24.1 Å². The quantitative estimate of drug-likeness (QED) is 0.872. The summed E-state index contributed by atoms with van der Waals surface area (Å²) in [7, 11) is 0. The molecule has 110 valence electrons. The number of carbonyl (C=O) groups is 2. The first-order valence-electron chi connectivity index (χ1n) is 6.59. The molecule has 20 heavy (non-hydrogen) atoms. The number of carboxylic acids is 1. The standard InChI is InChI=1S/C15H20FNO3/c1-10(2)8-17(9-11(3)15(19)20)14(18)12-5-4-6-13(16)7-12/h4-7,10-11H,8-9H2,1-3H3,(H,19,20). The van der Waals surface area contributed by atoms with Crippen LogP contribution in [0.25, 0.3) is 0 Å². The zero-order valence-corrected chi connectivity index (χ0v) is 12.0. The normalized spacial score (nSPS) is 12.2. The third-order valence-corrected chi connectivity index (χ3v) is 2.86. The maximum atomic E-state index is 13.2.